The van der Waals surface area contributed by atoms with Gasteiger partial charge < -0.3 is 10.5 Å². The first kappa shape index (κ1) is 12.1. The molecule has 0 atom stereocenters. The second-order valence-electron chi connectivity index (χ2n) is 3.21. The van der Waals surface area contributed by atoms with E-state index in [9.17, 15) is 4.39 Å². The molecule has 0 spiro atoms. The van der Waals surface area contributed by atoms with Crippen LogP contribution in [-0.2, 0) is 0 Å². The molecular weight excluding hydrogens is 259 g/mol. The summed E-state index contributed by atoms with van der Waals surface area (Å²) in [5.74, 6) is -0.684. The minimum Gasteiger partial charge on any atom is -0.437 e. The van der Waals surface area contributed by atoms with Crippen LogP contribution in [0.5, 0.6) is 11.6 Å². The van der Waals surface area contributed by atoms with Gasteiger partial charge in [-0.25, -0.2) is 9.37 Å². The van der Waals surface area contributed by atoms with Crippen LogP contribution in [0, 0.1) is 17.1 Å². The summed E-state index contributed by atoms with van der Waals surface area (Å²) in [5, 5.41) is 8.92. The molecule has 7 heteroatoms. The van der Waals surface area contributed by atoms with E-state index in [-0.39, 0.29) is 28.3 Å². The lowest BCUT2D eigenvalue weighted by atomic mass is 10.2. The molecule has 0 fully saturated rings. The van der Waals surface area contributed by atoms with Gasteiger partial charge in [-0.1, -0.05) is 17.7 Å². The fraction of sp³-hybridized carbons (Fsp3) is 0. The summed E-state index contributed by atoms with van der Waals surface area (Å²) >= 11 is 5.67. The van der Waals surface area contributed by atoms with Gasteiger partial charge >= 0.3 is 0 Å². The van der Waals surface area contributed by atoms with Gasteiger partial charge in [0.15, 0.2) is 0 Å². The Morgan fingerprint density at radius 3 is 2.83 bits per heavy atom. The average Bonchev–Trinajstić information content (AvgIpc) is 2.27. The fourth-order valence-corrected chi connectivity index (χ4v) is 1.46. The number of hydrogen-bond donors (Lipinski definition) is 1. The van der Waals surface area contributed by atoms with Gasteiger partial charge in [0.1, 0.15) is 28.4 Å². The summed E-state index contributed by atoms with van der Waals surface area (Å²) in [6.07, 6.45) is 0. The first-order valence-corrected chi connectivity index (χ1v) is 5.14. The van der Waals surface area contributed by atoms with E-state index in [0.717, 1.165) is 6.07 Å². The monoisotopic (exact) mass is 264 g/mol. The van der Waals surface area contributed by atoms with Crippen molar-refractivity contribution in [3.8, 4) is 17.7 Å². The molecule has 0 aliphatic carbocycles. The van der Waals surface area contributed by atoms with Crippen molar-refractivity contribution in [2.45, 2.75) is 0 Å². The number of benzene rings is 1. The zero-order valence-electron chi connectivity index (χ0n) is 8.89. The van der Waals surface area contributed by atoms with E-state index >= 15 is 0 Å². The Hall–Kier alpha value is -2.39. The number of nitriles is 1. The van der Waals surface area contributed by atoms with Gasteiger partial charge in [-0.15, -0.1) is 0 Å². The Labute approximate surface area is 107 Å². The molecule has 1 aromatic heterocycles. The molecule has 0 aliphatic heterocycles. The van der Waals surface area contributed by atoms with E-state index in [4.69, 9.17) is 27.3 Å². The lowest BCUT2D eigenvalue weighted by Crippen LogP contribution is -1.98. The van der Waals surface area contributed by atoms with Gasteiger partial charge in [0.2, 0.25) is 11.8 Å². The second kappa shape index (κ2) is 4.85. The van der Waals surface area contributed by atoms with E-state index in [2.05, 4.69) is 9.97 Å². The molecule has 1 aromatic carbocycles. The number of hydrogen-bond acceptors (Lipinski definition) is 5. The number of anilines is 1. The third-order valence-electron chi connectivity index (χ3n) is 1.99. The van der Waals surface area contributed by atoms with Gasteiger partial charge in [0.05, 0.1) is 0 Å². The number of ether oxygens (including phenoxy) is 1. The third-order valence-corrected chi connectivity index (χ3v) is 2.18. The van der Waals surface area contributed by atoms with Crippen molar-refractivity contribution in [3.05, 3.63) is 40.8 Å². The first-order chi connectivity index (χ1) is 8.60. The zero-order valence-corrected chi connectivity index (χ0v) is 9.65. The van der Waals surface area contributed by atoms with E-state index < -0.39 is 5.82 Å². The molecule has 90 valence electrons. The minimum absolute atomic E-state index is 0.0340. The maximum atomic E-state index is 13.3. The normalized spacial score (nSPS) is 9.83. The van der Waals surface area contributed by atoms with E-state index in [1.54, 1.807) is 6.07 Å². The largest absolute Gasteiger partial charge is 0.437 e. The molecule has 2 rings (SSSR count). The highest BCUT2D eigenvalue weighted by Gasteiger charge is 2.11. The number of nitrogens with two attached hydrogens (primary N) is 1. The summed E-state index contributed by atoms with van der Waals surface area (Å²) in [6.45, 7) is 0. The van der Waals surface area contributed by atoms with Crippen LogP contribution in [0.25, 0.3) is 0 Å². The molecule has 0 aliphatic rings. The maximum absolute atomic E-state index is 13.3. The molecule has 1 heterocycles. The standard InChI is InChI=1S/C11H6ClFN4O/c12-9-4-10(17-11(15)16-9)18-8-3-1-2-7(13)6(8)5-14/h1-4H,(H2,15,16,17). The molecule has 5 nitrogen and oxygen atoms in total. The SMILES string of the molecule is N#Cc1c(F)cccc1Oc1cc(Cl)nc(N)n1. The molecule has 0 radical (unpaired) electrons. The molecule has 2 aromatic rings. The topological polar surface area (TPSA) is 84.8 Å². The smallest absolute Gasteiger partial charge is 0.225 e. The number of nitrogen functional groups attached to an aromatic ring is 1. The van der Waals surface area contributed by atoms with Crippen molar-refractivity contribution >= 4 is 17.5 Å². The van der Waals surface area contributed by atoms with Crippen LogP contribution in [0.15, 0.2) is 24.3 Å². The predicted octanol–water partition coefficient (Wildman–Crippen LogP) is 2.52. The van der Waals surface area contributed by atoms with E-state index in [1.807, 2.05) is 0 Å². The van der Waals surface area contributed by atoms with Crippen molar-refractivity contribution in [2.24, 2.45) is 0 Å². The van der Waals surface area contributed by atoms with Gasteiger partial charge in [-0.3, -0.25) is 0 Å². The van der Waals surface area contributed by atoms with Crippen molar-refractivity contribution in [2.75, 3.05) is 5.73 Å². The summed E-state index contributed by atoms with van der Waals surface area (Å²) < 4.78 is 18.6. The summed E-state index contributed by atoms with van der Waals surface area (Å²) in [5.41, 5.74) is 5.17. The highest BCUT2D eigenvalue weighted by Crippen LogP contribution is 2.26. The Balaban J connectivity index is 2.40. The lowest BCUT2D eigenvalue weighted by molar-refractivity contribution is 0.456. The molecular formula is C11H6ClFN4O. The number of aromatic nitrogens is 2. The summed E-state index contributed by atoms with van der Waals surface area (Å²) in [7, 11) is 0. The van der Waals surface area contributed by atoms with Gasteiger partial charge in [-0.05, 0) is 12.1 Å². The fourth-order valence-electron chi connectivity index (χ4n) is 1.28. The number of nitrogens with zero attached hydrogens (tertiary/aromatic N) is 3. The van der Waals surface area contributed by atoms with Crippen molar-refractivity contribution in [1.82, 2.24) is 9.97 Å². The van der Waals surface area contributed by atoms with Crippen molar-refractivity contribution in [1.29, 1.82) is 5.26 Å². The number of halogens is 2. The van der Waals surface area contributed by atoms with Crippen molar-refractivity contribution < 1.29 is 9.13 Å². The van der Waals surface area contributed by atoms with Gasteiger partial charge in [0, 0.05) is 6.07 Å². The highest BCUT2D eigenvalue weighted by molar-refractivity contribution is 6.29. The van der Waals surface area contributed by atoms with Crippen LogP contribution in [0.3, 0.4) is 0 Å². The van der Waals surface area contributed by atoms with Crippen LogP contribution in [-0.4, -0.2) is 9.97 Å². The maximum Gasteiger partial charge on any atom is 0.225 e. The molecule has 0 bridgehead atoms. The molecule has 0 saturated carbocycles. The highest BCUT2D eigenvalue weighted by atomic mass is 35.5. The third kappa shape index (κ3) is 2.47. The minimum atomic E-state index is -0.678. The number of rotatable bonds is 2. The Morgan fingerprint density at radius 2 is 2.17 bits per heavy atom. The molecule has 2 N–H and O–H groups in total. The van der Waals surface area contributed by atoms with E-state index in [0.29, 0.717) is 0 Å². The van der Waals surface area contributed by atoms with Gasteiger partial charge in [-0.2, -0.15) is 10.2 Å². The first-order valence-electron chi connectivity index (χ1n) is 4.76. The van der Waals surface area contributed by atoms with Crippen molar-refractivity contribution in [3.63, 3.8) is 0 Å². The molecule has 0 amide bonds. The Kier molecular flexibility index (Phi) is 3.26. The van der Waals surface area contributed by atoms with E-state index in [1.165, 1.54) is 18.2 Å². The van der Waals surface area contributed by atoms with Crippen LogP contribution < -0.4 is 10.5 Å². The zero-order chi connectivity index (χ0) is 13.1. The predicted molar refractivity (Wildman–Crippen MR) is 62.6 cm³/mol. The quantitative estimate of drug-likeness (QED) is 0.843. The van der Waals surface area contributed by atoms with Gasteiger partial charge in [0.25, 0.3) is 0 Å². The summed E-state index contributed by atoms with van der Waals surface area (Å²) in [4.78, 5) is 7.41. The average molecular weight is 265 g/mol. The Morgan fingerprint density at radius 1 is 1.39 bits per heavy atom. The van der Waals surface area contributed by atoms with Crippen LogP contribution in [0.1, 0.15) is 5.56 Å². The van der Waals surface area contributed by atoms with Crippen LogP contribution >= 0.6 is 11.6 Å². The Bertz CT molecular complexity index is 621. The molecule has 0 saturated heterocycles. The summed E-state index contributed by atoms with van der Waals surface area (Å²) in [6, 6.07) is 7.03. The lowest BCUT2D eigenvalue weighted by Gasteiger charge is -2.07. The second-order valence-corrected chi connectivity index (χ2v) is 3.60. The molecule has 0 unspecified atom stereocenters. The van der Waals surface area contributed by atoms with Crippen LogP contribution in [0.2, 0.25) is 5.15 Å². The molecule has 18 heavy (non-hydrogen) atoms. The van der Waals surface area contributed by atoms with Crippen LogP contribution in [0.4, 0.5) is 10.3 Å².